The van der Waals surface area contributed by atoms with Crippen molar-refractivity contribution >= 4 is 17.3 Å². The quantitative estimate of drug-likeness (QED) is 0.383. The zero-order valence-electron chi connectivity index (χ0n) is 12.1. The Morgan fingerprint density at radius 3 is 2.04 bits per heavy atom. The van der Waals surface area contributed by atoms with Crippen LogP contribution in [-0.4, -0.2) is 55.6 Å². The third-order valence-corrected chi connectivity index (χ3v) is 3.69. The molecule has 4 atom stereocenters. The summed E-state index contributed by atoms with van der Waals surface area (Å²) in [7, 11) is 0. The number of rotatable bonds is 4. The van der Waals surface area contributed by atoms with Gasteiger partial charge in [0.1, 0.15) is 18.3 Å². The van der Waals surface area contributed by atoms with Gasteiger partial charge in [-0.2, -0.15) is 0 Å². The summed E-state index contributed by atoms with van der Waals surface area (Å²) in [5.74, 6) is -1.12. The van der Waals surface area contributed by atoms with E-state index < -0.39 is 57.2 Å². The van der Waals surface area contributed by atoms with Gasteiger partial charge in [0, 0.05) is 12.1 Å². The smallest absolute Gasteiger partial charge is 0.339 e. The number of carbonyl (C=O) groups excluding carboxylic acids is 1. The van der Waals surface area contributed by atoms with Gasteiger partial charge in [-0.1, -0.05) is 0 Å². The third-order valence-electron chi connectivity index (χ3n) is 3.69. The molecule has 1 aliphatic carbocycles. The maximum Gasteiger partial charge on any atom is 0.339 e. The number of nitro benzene ring substituents is 2. The van der Waals surface area contributed by atoms with E-state index in [1.54, 1.807) is 0 Å². The average Bonchev–Trinajstić information content (AvgIpc) is 2.54. The highest BCUT2D eigenvalue weighted by molar-refractivity contribution is 5.91. The summed E-state index contributed by atoms with van der Waals surface area (Å²) >= 11 is 0. The van der Waals surface area contributed by atoms with Crippen molar-refractivity contribution in [1.82, 2.24) is 0 Å². The molecule has 0 unspecified atom stereocenters. The second kappa shape index (κ2) is 6.86. The van der Waals surface area contributed by atoms with Crippen LogP contribution in [0, 0.1) is 20.2 Å². The van der Waals surface area contributed by atoms with E-state index >= 15 is 0 Å². The Morgan fingerprint density at radius 2 is 1.54 bits per heavy atom. The van der Waals surface area contributed by atoms with Gasteiger partial charge in [0.2, 0.25) is 0 Å². The molecule has 0 aromatic heterocycles. The summed E-state index contributed by atoms with van der Waals surface area (Å²) in [6.45, 7) is 0. The molecule has 0 aliphatic heterocycles. The molecule has 0 saturated heterocycles. The molecule has 0 heterocycles. The van der Waals surface area contributed by atoms with Crippen LogP contribution in [0.15, 0.2) is 18.2 Å². The predicted molar refractivity (Wildman–Crippen MR) is 76.2 cm³/mol. The summed E-state index contributed by atoms with van der Waals surface area (Å²) in [5.41, 5.74) is -1.74. The van der Waals surface area contributed by atoms with Crippen molar-refractivity contribution in [3.05, 3.63) is 44.0 Å². The molecule has 1 aliphatic rings. The van der Waals surface area contributed by atoms with Crippen LogP contribution in [-0.2, 0) is 4.74 Å². The van der Waals surface area contributed by atoms with E-state index in [9.17, 15) is 40.3 Å². The Kier molecular flexibility index (Phi) is 5.07. The zero-order valence-corrected chi connectivity index (χ0v) is 12.1. The lowest BCUT2D eigenvalue weighted by Gasteiger charge is -2.34. The van der Waals surface area contributed by atoms with Gasteiger partial charge in [-0.25, -0.2) is 4.79 Å². The molecule has 1 aromatic rings. The SMILES string of the molecule is O=C(O[C@@H]1CC[C@@H](O)[C@@H](O)[C@H]1O)c1cc([N+](=O)[O-])cc([N+](=O)[O-])c1. The molecule has 1 fully saturated rings. The fourth-order valence-corrected chi connectivity index (χ4v) is 2.38. The van der Waals surface area contributed by atoms with Crippen molar-refractivity contribution in [2.75, 3.05) is 0 Å². The van der Waals surface area contributed by atoms with Crippen molar-refractivity contribution in [3.63, 3.8) is 0 Å². The van der Waals surface area contributed by atoms with Gasteiger partial charge in [-0.15, -0.1) is 0 Å². The van der Waals surface area contributed by atoms with Crippen LogP contribution in [0.5, 0.6) is 0 Å². The molecule has 2 rings (SSSR count). The number of nitro groups is 2. The average molecular weight is 342 g/mol. The summed E-state index contributed by atoms with van der Waals surface area (Å²) in [5, 5.41) is 50.4. The molecular formula is C13H14N2O9. The van der Waals surface area contributed by atoms with Crippen molar-refractivity contribution in [2.24, 2.45) is 0 Å². The Bertz CT molecular complexity index is 645. The highest BCUT2D eigenvalue weighted by atomic mass is 16.6. The topological polar surface area (TPSA) is 173 Å². The molecule has 11 nitrogen and oxygen atoms in total. The fourth-order valence-electron chi connectivity index (χ4n) is 2.38. The van der Waals surface area contributed by atoms with E-state index in [-0.39, 0.29) is 12.8 Å². The van der Waals surface area contributed by atoms with Crippen LogP contribution < -0.4 is 0 Å². The largest absolute Gasteiger partial charge is 0.456 e. The molecule has 0 radical (unpaired) electrons. The van der Waals surface area contributed by atoms with Gasteiger partial charge in [0.25, 0.3) is 11.4 Å². The second-order valence-corrected chi connectivity index (χ2v) is 5.32. The Balaban J connectivity index is 2.23. The molecule has 0 bridgehead atoms. The standard InChI is InChI=1S/C13H14N2O9/c16-9-1-2-10(12(18)11(9)17)24-13(19)6-3-7(14(20)21)5-8(4-6)15(22)23/h3-5,9-12,16-18H,1-2H2/t9-,10-,11-,12+/m1/s1. The number of carbonyl (C=O) groups is 1. The van der Waals surface area contributed by atoms with E-state index in [0.29, 0.717) is 6.07 Å². The van der Waals surface area contributed by atoms with Crippen molar-refractivity contribution < 1.29 is 34.7 Å². The summed E-state index contributed by atoms with van der Waals surface area (Å²) in [4.78, 5) is 31.9. The van der Waals surface area contributed by atoms with Crippen molar-refractivity contribution in [2.45, 2.75) is 37.3 Å². The number of benzene rings is 1. The number of esters is 1. The highest BCUT2D eigenvalue weighted by Crippen LogP contribution is 2.26. The van der Waals surface area contributed by atoms with Crippen LogP contribution in [0.2, 0.25) is 0 Å². The number of aliphatic hydroxyl groups excluding tert-OH is 3. The first-order valence-corrected chi connectivity index (χ1v) is 6.89. The van der Waals surface area contributed by atoms with E-state index in [2.05, 4.69) is 0 Å². The van der Waals surface area contributed by atoms with Gasteiger partial charge in [0.15, 0.2) is 0 Å². The van der Waals surface area contributed by atoms with E-state index in [0.717, 1.165) is 12.1 Å². The minimum Gasteiger partial charge on any atom is -0.456 e. The lowest BCUT2D eigenvalue weighted by atomic mass is 9.89. The maximum absolute atomic E-state index is 12.1. The lowest BCUT2D eigenvalue weighted by molar-refractivity contribution is -0.394. The first-order chi connectivity index (χ1) is 11.2. The zero-order chi connectivity index (χ0) is 18.0. The van der Waals surface area contributed by atoms with Crippen LogP contribution in [0.1, 0.15) is 23.2 Å². The minimum atomic E-state index is -1.54. The first-order valence-electron chi connectivity index (χ1n) is 6.89. The third kappa shape index (κ3) is 3.64. The van der Waals surface area contributed by atoms with Crippen molar-refractivity contribution in [3.8, 4) is 0 Å². The van der Waals surface area contributed by atoms with Crippen LogP contribution in [0.3, 0.4) is 0 Å². The first kappa shape index (κ1) is 17.7. The lowest BCUT2D eigenvalue weighted by Crippen LogP contribution is -2.50. The molecule has 24 heavy (non-hydrogen) atoms. The van der Waals surface area contributed by atoms with Gasteiger partial charge in [-0.3, -0.25) is 20.2 Å². The molecule has 1 aromatic carbocycles. The summed E-state index contributed by atoms with van der Waals surface area (Å²) < 4.78 is 4.97. The number of nitrogens with zero attached hydrogens (tertiary/aromatic N) is 2. The number of non-ortho nitro benzene ring substituents is 2. The number of aliphatic hydroxyl groups is 3. The maximum atomic E-state index is 12.1. The highest BCUT2D eigenvalue weighted by Gasteiger charge is 2.39. The van der Waals surface area contributed by atoms with Gasteiger partial charge in [0.05, 0.1) is 27.6 Å². The van der Waals surface area contributed by atoms with Gasteiger partial charge in [-0.05, 0) is 12.8 Å². The predicted octanol–water partition coefficient (Wildman–Crippen LogP) is -0.0951. The van der Waals surface area contributed by atoms with E-state index in [1.807, 2.05) is 0 Å². The van der Waals surface area contributed by atoms with E-state index in [1.165, 1.54) is 0 Å². The number of ether oxygens (including phenoxy) is 1. The van der Waals surface area contributed by atoms with Crippen molar-refractivity contribution in [1.29, 1.82) is 0 Å². The van der Waals surface area contributed by atoms with Crippen LogP contribution in [0.25, 0.3) is 0 Å². The van der Waals surface area contributed by atoms with Gasteiger partial charge < -0.3 is 20.1 Å². The second-order valence-electron chi connectivity index (χ2n) is 5.32. The number of hydrogen-bond donors (Lipinski definition) is 3. The molecule has 0 spiro atoms. The molecule has 3 N–H and O–H groups in total. The normalized spacial score (nSPS) is 26.6. The molecule has 130 valence electrons. The Labute approximate surface area is 134 Å². The minimum absolute atomic E-state index is 0.0577. The fraction of sp³-hybridized carbons (Fsp3) is 0.462. The molecule has 1 saturated carbocycles. The van der Waals surface area contributed by atoms with Crippen LogP contribution in [0.4, 0.5) is 11.4 Å². The Morgan fingerprint density at radius 1 is 1.00 bits per heavy atom. The summed E-state index contributed by atoms with van der Waals surface area (Å²) in [6.07, 6.45) is -5.21. The van der Waals surface area contributed by atoms with Crippen LogP contribution >= 0.6 is 0 Å². The molecule has 11 heteroatoms. The van der Waals surface area contributed by atoms with Gasteiger partial charge >= 0.3 is 5.97 Å². The Hall–Kier alpha value is -2.63. The summed E-state index contributed by atoms with van der Waals surface area (Å²) in [6, 6.07) is 2.33. The van der Waals surface area contributed by atoms with E-state index in [4.69, 9.17) is 4.74 Å². The monoisotopic (exact) mass is 342 g/mol. The number of hydrogen-bond acceptors (Lipinski definition) is 9. The molecular weight excluding hydrogens is 328 g/mol. The molecule has 0 amide bonds.